The summed E-state index contributed by atoms with van der Waals surface area (Å²) in [6.07, 6.45) is -1.26. The molecule has 0 bridgehead atoms. The predicted octanol–water partition coefficient (Wildman–Crippen LogP) is 1.21. The highest BCUT2D eigenvalue weighted by Crippen LogP contribution is 2.26. The molecule has 1 N–H and O–H groups in total. The van der Waals surface area contributed by atoms with E-state index in [9.17, 15) is 9.90 Å². The number of benzene rings is 1. The van der Waals surface area contributed by atoms with Crippen LogP contribution in [-0.2, 0) is 9.53 Å². The number of hydrogen-bond donors (Lipinski definition) is 1. The van der Waals surface area contributed by atoms with Gasteiger partial charge in [0.25, 0.3) is 0 Å². The van der Waals surface area contributed by atoms with Gasteiger partial charge in [-0.05, 0) is 24.1 Å². The standard InChI is InChI=1S/C11H14O4/c1-7-8(10(12)11(13)15-3)5-4-6-9(7)14-2/h4-6,10,12H,1-3H3. The molecular formula is C11H14O4. The predicted molar refractivity (Wildman–Crippen MR) is 54.7 cm³/mol. The maximum Gasteiger partial charge on any atom is 0.339 e. The zero-order valence-electron chi connectivity index (χ0n) is 8.98. The van der Waals surface area contributed by atoms with Crippen molar-refractivity contribution < 1.29 is 19.4 Å². The third-order valence-electron chi connectivity index (χ3n) is 2.26. The van der Waals surface area contributed by atoms with E-state index in [1.807, 2.05) is 0 Å². The van der Waals surface area contributed by atoms with Crippen LogP contribution in [0.5, 0.6) is 5.75 Å². The molecule has 1 unspecified atom stereocenters. The van der Waals surface area contributed by atoms with Gasteiger partial charge in [-0.1, -0.05) is 12.1 Å². The van der Waals surface area contributed by atoms with E-state index in [0.29, 0.717) is 11.3 Å². The van der Waals surface area contributed by atoms with E-state index in [1.165, 1.54) is 14.2 Å². The maximum absolute atomic E-state index is 11.2. The van der Waals surface area contributed by atoms with Crippen LogP contribution in [0.2, 0.25) is 0 Å². The monoisotopic (exact) mass is 210 g/mol. The fraction of sp³-hybridized carbons (Fsp3) is 0.364. The molecule has 0 aliphatic heterocycles. The van der Waals surface area contributed by atoms with E-state index in [0.717, 1.165) is 5.56 Å². The molecule has 0 spiro atoms. The summed E-state index contributed by atoms with van der Waals surface area (Å²) in [5.41, 5.74) is 1.24. The number of aliphatic hydroxyl groups is 1. The van der Waals surface area contributed by atoms with Crippen LogP contribution < -0.4 is 4.74 Å². The molecule has 0 aromatic heterocycles. The van der Waals surface area contributed by atoms with E-state index in [4.69, 9.17) is 4.74 Å². The summed E-state index contributed by atoms with van der Waals surface area (Å²) in [6.45, 7) is 1.78. The molecule has 15 heavy (non-hydrogen) atoms. The largest absolute Gasteiger partial charge is 0.496 e. The molecule has 1 aromatic rings. The highest BCUT2D eigenvalue weighted by molar-refractivity contribution is 5.76. The van der Waals surface area contributed by atoms with E-state index < -0.39 is 12.1 Å². The number of aliphatic hydroxyl groups excluding tert-OH is 1. The van der Waals surface area contributed by atoms with E-state index in [-0.39, 0.29) is 0 Å². The van der Waals surface area contributed by atoms with Crippen LogP contribution in [0, 0.1) is 6.92 Å². The SMILES string of the molecule is COC(=O)C(O)c1cccc(OC)c1C. The molecule has 1 rings (SSSR count). The molecule has 82 valence electrons. The second-order valence-electron chi connectivity index (χ2n) is 3.10. The topological polar surface area (TPSA) is 55.8 Å². The Labute approximate surface area is 88.4 Å². The summed E-state index contributed by atoms with van der Waals surface area (Å²) in [5.74, 6) is -0.0400. The number of esters is 1. The minimum absolute atomic E-state index is 0.501. The number of hydrogen-bond acceptors (Lipinski definition) is 4. The Morgan fingerprint density at radius 2 is 2.07 bits per heavy atom. The Morgan fingerprint density at radius 1 is 1.40 bits per heavy atom. The minimum Gasteiger partial charge on any atom is -0.496 e. The maximum atomic E-state index is 11.2. The Morgan fingerprint density at radius 3 is 2.60 bits per heavy atom. The quantitative estimate of drug-likeness (QED) is 0.762. The molecule has 1 aromatic carbocycles. The van der Waals surface area contributed by atoms with Crippen LogP contribution in [0.25, 0.3) is 0 Å². The molecular weight excluding hydrogens is 196 g/mol. The van der Waals surface area contributed by atoms with Crippen molar-refractivity contribution in [2.24, 2.45) is 0 Å². The van der Waals surface area contributed by atoms with E-state index >= 15 is 0 Å². The first-order valence-electron chi connectivity index (χ1n) is 4.51. The summed E-state index contributed by atoms with van der Waals surface area (Å²) >= 11 is 0. The zero-order valence-corrected chi connectivity index (χ0v) is 8.98. The van der Waals surface area contributed by atoms with Gasteiger partial charge in [-0.3, -0.25) is 0 Å². The average Bonchev–Trinajstić information content (AvgIpc) is 2.27. The molecule has 0 saturated heterocycles. The zero-order chi connectivity index (χ0) is 11.4. The first kappa shape index (κ1) is 11.5. The lowest BCUT2D eigenvalue weighted by atomic mass is 10.0. The number of rotatable bonds is 3. The van der Waals surface area contributed by atoms with Gasteiger partial charge >= 0.3 is 5.97 Å². The van der Waals surface area contributed by atoms with Gasteiger partial charge in [-0.15, -0.1) is 0 Å². The van der Waals surface area contributed by atoms with Gasteiger partial charge in [0.05, 0.1) is 14.2 Å². The van der Waals surface area contributed by atoms with Crippen LogP contribution in [-0.4, -0.2) is 25.3 Å². The first-order valence-corrected chi connectivity index (χ1v) is 4.51. The smallest absolute Gasteiger partial charge is 0.339 e. The van der Waals surface area contributed by atoms with Crippen molar-refractivity contribution in [3.8, 4) is 5.75 Å². The van der Waals surface area contributed by atoms with Crippen molar-refractivity contribution in [1.29, 1.82) is 0 Å². The molecule has 4 nitrogen and oxygen atoms in total. The number of carbonyl (C=O) groups is 1. The van der Waals surface area contributed by atoms with E-state index in [2.05, 4.69) is 4.74 Å². The van der Waals surface area contributed by atoms with Gasteiger partial charge in [-0.2, -0.15) is 0 Å². The Bertz CT molecular complexity index is 360. The van der Waals surface area contributed by atoms with Crippen molar-refractivity contribution in [2.45, 2.75) is 13.0 Å². The lowest BCUT2D eigenvalue weighted by Gasteiger charge is -2.13. The van der Waals surface area contributed by atoms with Crippen molar-refractivity contribution in [3.05, 3.63) is 29.3 Å². The Hall–Kier alpha value is -1.55. The van der Waals surface area contributed by atoms with Crippen LogP contribution in [0.15, 0.2) is 18.2 Å². The summed E-state index contributed by atoms with van der Waals surface area (Å²) in [6, 6.07) is 5.15. The van der Waals surface area contributed by atoms with E-state index in [1.54, 1.807) is 25.1 Å². The molecule has 4 heteroatoms. The average molecular weight is 210 g/mol. The van der Waals surface area contributed by atoms with Gasteiger partial charge in [0.2, 0.25) is 0 Å². The van der Waals surface area contributed by atoms with Crippen LogP contribution >= 0.6 is 0 Å². The van der Waals surface area contributed by atoms with Gasteiger partial charge in [0.1, 0.15) is 5.75 Å². The molecule has 0 amide bonds. The van der Waals surface area contributed by atoms with Gasteiger partial charge in [-0.25, -0.2) is 4.79 Å². The normalized spacial score (nSPS) is 12.0. The molecule has 1 atom stereocenters. The molecule has 0 heterocycles. The van der Waals surface area contributed by atoms with Gasteiger partial charge in [0.15, 0.2) is 6.10 Å². The highest BCUT2D eigenvalue weighted by atomic mass is 16.5. The van der Waals surface area contributed by atoms with Crippen LogP contribution in [0.3, 0.4) is 0 Å². The summed E-state index contributed by atoms with van der Waals surface area (Å²) < 4.78 is 9.55. The number of carbonyl (C=O) groups excluding carboxylic acids is 1. The van der Waals surface area contributed by atoms with Gasteiger partial charge < -0.3 is 14.6 Å². The fourth-order valence-electron chi connectivity index (χ4n) is 1.39. The first-order chi connectivity index (χ1) is 7.11. The molecule has 0 radical (unpaired) electrons. The Kier molecular flexibility index (Phi) is 3.68. The molecule has 0 aliphatic rings. The second-order valence-corrected chi connectivity index (χ2v) is 3.10. The van der Waals surface area contributed by atoms with Crippen molar-refractivity contribution in [2.75, 3.05) is 14.2 Å². The second kappa shape index (κ2) is 4.79. The molecule has 0 aliphatic carbocycles. The lowest BCUT2D eigenvalue weighted by molar-refractivity contribution is -0.150. The van der Waals surface area contributed by atoms with Crippen molar-refractivity contribution in [3.63, 3.8) is 0 Å². The molecule has 0 fully saturated rings. The van der Waals surface area contributed by atoms with Crippen LogP contribution in [0.4, 0.5) is 0 Å². The molecule has 0 saturated carbocycles. The van der Waals surface area contributed by atoms with Crippen molar-refractivity contribution >= 4 is 5.97 Å². The summed E-state index contributed by atoms with van der Waals surface area (Å²) in [4.78, 5) is 11.2. The minimum atomic E-state index is -1.26. The number of ether oxygens (including phenoxy) is 2. The van der Waals surface area contributed by atoms with Crippen molar-refractivity contribution in [1.82, 2.24) is 0 Å². The third kappa shape index (κ3) is 2.27. The van der Waals surface area contributed by atoms with Crippen LogP contribution in [0.1, 0.15) is 17.2 Å². The van der Waals surface area contributed by atoms with Gasteiger partial charge in [0, 0.05) is 0 Å². The summed E-state index contributed by atoms with van der Waals surface area (Å²) in [7, 11) is 2.78. The number of methoxy groups -OCH3 is 2. The fourth-order valence-corrected chi connectivity index (χ4v) is 1.39. The third-order valence-corrected chi connectivity index (χ3v) is 2.26. The highest BCUT2D eigenvalue weighted by Gasteiger charge is 2.20. The Balaban J connectivity index is 3.09. The lowest BCUT2D eigenvalue weighted by Crippen LogP contribution is -2.14. The summed E-state index contributed by atoms with van der Waals surface area (Å²) in [5, 5.41) is 9.66.